The van der Waals surface area contributed by atoms with E-state index in [4.69, 9.17) is 0 Å². The maximum absolute atomic E-state index is 4.33. The summed E-state index contributed by atoms with van der Waals surface area (Å²) in [5.41, 5.74) is 1.13. The van der Waals surface area contributed by atoms with E-state index in [0.29, 0.717) is 0 Å². The molecule has 0 aromatic carbocycles. The summed E-state index contributed by atoms with van der Waals surface area (Å²) in [5.74, 6) is 0.925. The summed E-state index contributed by atoms with van der Waals surface area (Å²) in [6.07, 6.45) is 3.70. The van der Waals surface area contributed by atoms with E-state index in [1.54, 1.807) is 17.5 Å². The minimum Gasteiger partial charge on any atom is -0.365 e. The number of nitrogens with one attached hydrogen (secondary N) is 1. The number of pyridine rings is 1. The van der Waals surface area contributed by atoms with E-state index in [1.165, 1.54) is 4.88 Å². The number of aryl methyl sites for hydroxylation is 2. The first kappa shape index (κ1) is 11.5. The Hall–Kier alpha value is -0.940. The topological polar surface area (TPSA) is 37.8 Å². The van der Waals surface area contributed by atoms with Crippen LogP contribution in [-0.2, 0) is 6.54 Å². The maximum atomic E-state index is 4.33. The Balaban J connectivity index is 2.04. The number of anilines is 1. The number of hydrogen-bond donors (Lipinski definition) is 1. The van der Waals surface area contributed by atoms with Crippen LogP contribution in [0.25, 0.3) is 0 Å². The minimum atomic E-state index is 0.779. The van der Waals surface area contributed by atoms with Crippen molar-refractivity contribution in [2.45, 2.75) is 20.4 Å². The average molecular weight is 298 g/mol. The third-order valence-corrected chi connectivity index (χ3v) is 3.49. The smallest absolute Gasteiger partial charge is 0.129 e. The van der Waals surface area contributed by atoms with Crippen molar-refractivity contribution in [3.05, 3.63) is 38.4 Å². The molecule has 84 valence electrons. The van der Waals surface area contributed by atoms with E-state index in [-0.39, 0.29) is 0 Å². The number of aromatic nitrogens is 2. The predicted molar refractivity (Wildman–Crippen MR) is 70.9 cm³/mol. The predicted octanol–water partition coefficient (Wildman–Crippen LogP) is 3.53. The third kappa shape index (κ3) is 2.80. The third-order valence-electron chi connectivity index (χ3n) is 2.14. The van der Waals surface area contributed by atoms with Crippen LogP contribution in [0.3, 0.4) is 0 Å². The molecule has 0 unspecified atom stereocenters. The Morgan fingerprint density at radius 1 is 1.31 bits per heavy atom. The SMILES string of the molecule is Cc1ncc(CNc2ncc(Br)cc2C)s1. The van der Waals surface area contributed by atoms with Gasteiger partial charge in [0.15, 0.2) is 0 Å². The van der Waals surface area contributed by atoms with Crippen molar-refractivity contribution in [3.63, 3.8) is 0 Å². The molecule has 0 aliphatic carbocycles. The van der Waals surface area contributed by atoms with Gasteiger partial charge >= 0.3 is 0 Å². The number of nitrogens with zero attached hydrogens (tertiary/aromatic N) is 2. The molecular weight excluding hydrogens is 286 g/mol. The number of rotatable bonds is 3. The molecule has 5 heteroatoms. The minimum absolute atomic E-state index is 0.779. The second-order valence-corrected chi connectivity index (χ2v) is 5.75. The fourth-order valence-electron chi connectivity index (χ4n) is 1.38. The number of hydrogen-bond acceptors (Lipinski definition) is 4. The molecule has 0 aliphatic heterocycles. The van der Waals surface area contributed by atoms with Crippen molar-refractivity contribution in [2.75, 3.05) is 5.32 Å². The maximum Gasteiger partial charge on any atom is 0.129 e. The first-order valence-corrected chi connectivity index (χ1v) is 6.53. The Morgan fingerprint density at radius 2 is 2.12 bits per heavy atom. The second-order valence-electron chi connectivity index (χ2n) is 3.52. The number of thiazole rings is 1. The molecule has 0 bridgehead atoms. The molecule has 0 amide bonds. The molecule has 2 rings (SSSR count). The van der Waals surface area contributed by atoms with Crippen LogP contribution in [0.4, 0.5) is 5.82 Å². The van der Waals surface area contributed by atoms with Gasteiger partial charge in [-0.3, -0.25) is 0 Å². The van der Waals surface area contributed by atoms with Crippen LogP contribution < -0.4 is 5.32 Å². The summed E-state index contributed by atoms with van der Waals surface area (Å²) in [7, 11) is 0. The number of halogens is 1. The lowest BCUT2D eigenvalue weighted by molar-refractivity contribution is 1.11. The van der Waals surface area contributed by atoms with Crippen LogP contribution in [0.2, 0.25) is 0 Å². The van der Waals surface area contributed by atoms with Crippen LogP contribution in [0.5, 0.6) is 0 Å². The van der Waals surface area contributed by atoms with Crippen molar-refractivity contribution < 1.29 is 0 Å². The van der Waals surface area contributed by atoms with Crippen LogP contribution in [-0.4, -0.2) is 9.97 Å². The molecular formula is C11H12BrN3S. The summed E-state index contributed by atoms with van der Waals surface area (Å²) in [4.78, 5) is 9.77. The molecule has 0 radical (unpaired) electrons. The zero-order valence-electron chi connectivity index (χ0n) is 9.12. The lowest BCUT2D eigenvalue weighted by atomic mass is 10.3. The summed E-state index contributed by atoms with van der Waals surface area (Å²) in [5, 5.41) is 4.40. The Bertz CT molecular complexity index is 496. The molecule has 0 saturated heterocycles. The molecule has 16 heavy (non-hydrogen) atoms. The van der Waals surface area contributed by atoms with Gasteiger partial charge < -0.3 is 5.32 Å². The Labute approximate surface area is 107 Å². The highest BCUT2D eigenvalue weighted by atomic mass is 79.9. The van der Waals surface area contributed by atoms with Gasteiger partial charge in [0, 0.05) is 21.7 Å². The fourth-order valence-corrected chi connectivity index (χ4v) is 2.56. The van der Waals surface area contributed by atoms with Crippen LogP contribution in [0, 0.1) is 13.8 Å². The van der Waals surface area contributed by atoms with Gasteiger partial charge in [-0.2, -0.15) is 0 Å². The van der Waals surface area contributed by atoms with Crippen molar-refractivity contribution in [1.29, 1.82) is 0 Å². The van der Waals surface area contributed by atoms with Crippen LogP contribution >= 0.6 is 27.3 Å². The highest BCUT2D eigenvalue weighted by Gasteiger charge is 2.02. The summed E-state index contributed by atoms with van der Waals surface area (Å²) in [6, 6.07) is 2.05. The van der Waals surface area contributed by atoms with E-state index in [0.717, 1.165) is 27.4 Å². The van der Waals surface area contributed by atoms with Crippen molar-refractivity contribution in [2.24, 2.45) is 0 Å². The highest BCUT2D eigenvalue weighted by Crippen LogP contribution is 2.18. The van der Waals surface area contributed by atoms with Gasteiger partial charge in [0.05, 0.1) is 11.6 Å². The normalized spacial score (nSPS) is 10.4. The zero-order chi connectivity index (χ0) is 11.5. The molecule has 1 N–H and O–H groups in total. The van der Waals surface area contributed by atoms with Gasteiger partial charge in [0.2, 0.25) is 0 Å². The van der Waals surface area contributed by atoms with E-state index < -0.39 is 0 Å². The van der Waals surface area contributed by atoms with E-state index >= 15 is 0 Å². The lowest BCUT2D eigenvalue weighted by Crippen LogP contribution is -2.01. The first-order valence-electron chi connectivity index (χ1n) is 4.92. The molecule has 2 heterocycles. The quantitative estimate of drug-likeness (QED) is 0.942. The van der Waals surface area contributed by atoms with Crippen molar-refractivity contribution >= 4 is 33.1 Å². The van der Waals surface area contributed by atoms with Gasteiger partial charge in [-0.25, -0.2) is 9.97 Å². The molecule has 0 saturated carbocycles. The Morgan fingerprint density at radius 3 is 2.75 bits per heavy atom. The van der Waals surface area contributed by atoms with Gasteiger partial charge in [0.25, 0.3) is 0 Å². The molecule has 2 aromatic rings. The van der Waals surface area contributed by atoms with Crippen molar-refractivity contribution in [3.8, 4) is 0 Å². The van der Waals surface area contributed by atoms with Gasteiger partial charge in [-0.15, -0.1) is 11.3 Å². The standard InChI is InChI=1S/C11H12BrN3S/c1-7-3-9(12)4-14-11(7)15-6-10-5-13-8(2)16-10/h3-5H,6H2,1-2H3,(H,14,15). The summed E-state index contributed by atoms with van der Waals surface area (Å²) < 4.78 is 1.00. The van der Waals surface area contributed by atoms with E-state index in [2.05, 4.69) is 31.2 Å². The van der Waals surface area contributed by atoms with Crippen molar-refractivity contribution in [1.82, 2.24) is 9.97 Å². The second kappa shape index (κ2) is 4.93. The lowest BCUT2D eigenvalue weighted by Gasteiger charge is -2.06. The van der Waals surface area contributed by atoms with Crippen LogP contribution in [0.1, 0.15) is 15.4 Å². The summed E-state index contributed by atoms with van der Waals surface area (Å²) in [6.45, 7) is 4.83. The molecule has 0 fully saturated rings. The van der Waals surface area contributed by atoms with Gasteiger partial charge in [-0.05, 0) is 41.4 Å². The molecule has 2 aromatic heterocycles. The largest absolute Gasteiger partial charge is 0.365 e. The monoisotopic (exact) mass is 297 g/mol. The molecule has 0 aliphatic rings. The van der Waals surface area contributed by atoms with Crippen LogP contribution in [0.15, 0.2) is 22.9 Å². The summed E-state index contributed by atoms with van der Waals surface area (Å²) >= 11 is 5.10. The first-order chi connectivity index (χ1) is 7.65. The average Bonchev–Trinajstić information content (AvgIpc) is 2.63. The highest BCUT2D eigenvalue weighted by molar-refractivity contribution is 9.10. The van der Waals surface area contributed by atoms with Gasteiger partial charge in [0.1, 0.15) is 5.82 Å². The van der Waals surface area contributed by atoms with Gasteiger partial charge in [-0.1, -0.05) is 0 Å². The van der Waals surface area contributed by atoms with E-state index in [1.807, 2.05) is 26.1 Å². The molecule has 3 nitrogen and oxygen atoms in total. The molecule has 0 atom stereocenters. The molecule has 0 spiro atoms. The Kier molecular flexibility index (Phi) is 3.56. The fraction of sp³-hybridized carbons (Fsp3) is 0.273. The van der Waals surface area contributed by atoms with E-state index in [9.17, 15) is 0 Å². The zero-order valence-corrected chi connectivity index (χ0v) is 11.5.